The van der Waals surface area contributed by atoms with E-state index < -0.39 is 23.8 Å². The Hall–Kier alpha value is -2.60. The largest absolute Gasteiger partial charge is 0.507 e. The first-order valence-electron chi connectivity index (χ1n) is 6.63. The number of ether oxygens (including phenoxy) is 1. The van der Waals surface area contributed by atoms with Gasteiger partial charge >= 0.3 is 5.97 Å². The van der Waals surface area contributed by atoms with Crippen LogP contribution in [0.1, 0.15) is 17.3 Å². The summed E-state index contributed by atoms with van der Waals surface area (Å²) in [5.41, 5.74) is 0.0893. The summed E-state index contributed by atoms with van der Waals surface area (Å²) in [7, 11) is 0. The van der Waals surface area contributed by atoms with Gasteiger partial charge in [-0.3, -0.25) is 4.79 Å². The summed E-state index contributed by atoms with van der Waals surface area (Å²) < 4.78 is 18.0. The molecule has 0 heterocycles. The summed E-state index contributed by atoms with van der Waals surface area (Å²) in [5, 5.41) is 12.3. The first kappa shape index (κ1) is 16.8. The molecule has 0 saturated carbocycles. The van der Waals surface area contributed by atoms with Gasteiger partial charge in [-0.2, -0.15) is 0 Å². The number of aromatic hydroxyl groups is 1. The Morgan fingerprint density at radius 3 is 2.70 bits per heavy atom. The molecule has 0 bridgehead atoms. The van der Waals surface area contributed by atoms with Crippen molar-refractivity contribution in [3.63, 3.8) is 0 Å². The molecule has 0 aliphatic carbocycles. The zero-order valence-corrected chi connectivity index (χ0v) is 12.8. The maximum Gasteiger partial charge on any atom is 0.342 e. The Bertz CT molecular complexity index is 751. The number of benzene rings is 2. The Balaban J connectivity index is 2.03. The maximum absolute atomic E-state index is 13.1. The number of hydrogen-bond acceptors (Lipinski definition) is 4. The molecule has 120 valence electrons. The number of phenols is 1. The minimum atomic E-state index is -1.15. The molecule has 0 aliphatic rings. The van der Waals surface area contributed by atoms with E-state index in [1.807, 2.05) is 0 Å². The Labute approximate surface area is 136 Å². The molecule has 0 aliphatic heterocycles. The van der Waals surface area contributed by atoms with Crippen molar-refractivity contribution in [1.82, 2.24) is 0 Å². The van der Waals surface area contributed by atoms with Crippen molar-refractivity contribution in [3.8, 4) is 5.75 Å². The number of carbonyl (C=O) groups excluding carboxylic acids is 2. The number of esters is 1. The lowest BCUT2D eigenvalue weighted by Gasteiger charge is -2.14. The average molecular weight is 338 g/mol. The Morgan fingerprint density at radius 1 is 1.26 bits per heavy atom. The third kappa shape index (κ3) is 4.43. The predicted octanol–water partition coefficient (Wildman–Crippen LogP) is 3.37. The van der Waals surface area contributed by atoms with E-state index in [9.17, 15) is 19.1 Å². The van der Waals surface area contributed by atoms with Gasteiger partial charge in [0.15, 0.2) is 6.10 Å². The highest BCUT2D eigenvalue weighted by atomic mass is 35.5. The van der Waals surface area contributed by atoms with Gasteiger partial charge in [0.05, 0.1) is 0 Å². The van der Waals surface area contributed by atoms with Gasteiger partial charge in [0.1, 0.15) is 17.1 Å². The van der Waals surface area contributed by atoms with Crippen LogP contribution < -0.4 is 5.32 Å². The van der Waals surface area contributed by atoms with E-state index in [2.05, 4.69) is 5.32 Å². The maximum atomic E-state index is 13.1. The van der Waals surface area contributed by atoms with E-state index >= 15 is 0 Å². The van der Waals surface area contributed by atoms with Gasteiger partial charge in [-0.05, 0) is 43.3 Å². The second-order valence-corrected chi connectivity index (χ2v) is 5.15. The molecule has 0 fully saturated rings. The van der Waals surface area contributed by atoms with E-state index in [4.69, 9.17) is 16.3 Å². The topological polar surface area (TPSA) is 75.6 Å². The van der Waals surface area contributed by atoms with Crippen LogP contribution in [0.25, 0.3) is 0 Å². The normalized spacial score (nSPS) is 11.6. The number of rotatable bonds is 4. The summed E-state index contributed by atoms with van der Waals surface area (Å²) in [4.78, 5) is 23.9. The summed E-state index contributed by atoms with van der Waals surface area (Å²) in [6.45, 7) is 1.36. The van der Waals surface area contributed by atoms with Crippen LogP contribution in [-0.4, -0.2) is 23.1 Å². The molecule has 23 heavy (non-hydrogen) atoms. The number of anilines is 1. The Kier molecular flexibility index (Phi) is 5.18. The van der Waals surface area contributed by atoms with E-state index in [0.29, 0.717) is 0 Å². The molecule has 0 aromatic heterocycles. The molecule has 2 N–H and O–H groups in total. The van der Waals surface area contributed by atoms with Gasteiger partial charge < -0.3 is 15.2 Å². The van der Waals surface area contributed by atoms with Gasteiger partial charge in [-0.25, -0.2) is 9.18 Å². The minimum Gasteiger partial charge on any atom is -0.507 e. The summed E-state index contributed by atoms with van der Waals surface area (Å²) >= 11 is 5.75. The SMILES string of the molecule is CC(OC(=O)c1cc(Cl)ccc1O)C(=O)Nc1cccc(F)c1. The number of hydrogen-bond donors (Lipinski definition) is 2. The molecule has 0 spiro atoms. The van der Waals surface area contributed by atoms with Crippen LogP contribution in [0.4, 0.5) is 10.1 Å². The highest BCUT2D eigenvalue weighted by Gasteiger charge is 2.21. The standard InChI is InChI=1S/C16H13ClFNO4/c1-9(15(21)19-12-4-2-3-11(18)8-12)23-16(22)13-7-10(17)5-6-14(13)20/h2-9,20H,1H3,(H,19,21). The molecule has 5 nitrogen and oxygen atoms in total. The lowest BCUT2D eigenvalue weighted by molar-refractivity contribution is -0.123. The van der Waals surface area contributed by atoms with Crippen LogP contribution in [0.15, 0.2) is 42.5 Å². The van der Waals surface area contributed by atoms with Crippen molar-refractivity contribution in [2.45, 2.75) is 13.0 Å². The third-order valence-corrected chi connectivity index (χ3v) is 3.16. The zero-order valence-electron chi connectivity index (χ0n) is 12.0. The van der Waals surface area contributed by atoms with Crippen molar-refractivity contribution in [3.05, 3.63) is 58.9 Å². The van der Waals surface area contributed by atoms with E-state index in [0.717, 1.165) is 6.07 Å². The lowest BCUT2D eigenvalue weighted by atomic mass is 10.2. The van der Waals surface area contributed by atoms with Crippen LogP contribution in [0, 0.1) is 5.82 Å². The second-order valence-electron chi connectivity index (χ2n) is 4.71. The van der Waals surface area contributed by atoms with Crippen LogP contribution >= 0.6 is 11.6 Å². The number of carbonyl (C=O) groups is 2. The van der Waals surface area contributed by atoms with Gasteiger partial charge in [0.2, 0.25) is 0 Å². The van der Waals surface area contributed by atoms with Crippen molar-refractivity contribution >= 4 is 29.2 Å². The molecule has 1 unspecified atom stereocenters. The molecule has 0 radical (unpaired) electrons. The van der Waals surface area contributed by atoms with Gasteiger partial charge in [0, 0.05) is 10.7 Å². The molecular weight excluding hydrogens is 325 g/mol. The predicted molar refractivity (Wildman–Crippen MR) is 83.0 cm³/mol. The molecule has 1 amide bonds. The fraction of sp³-hybridized carbons (Fsp3) is 0.125. The van der Waals surface area contributed by atoms with Crippen molar-refractivity contribution in [2.24, 2.45) is 0 Å². The monoisotopic (exact) mass is 337 g/mol. The first-order valence-corrected chi connectivity index (χ1v) is 7.00. The second kappa shape index (κ2) is 7.11. The summed E-state index contributed by atoms with van der Waals surface area (Å²) in [5.74, 6) is -2.34. The highest BCUT2D eigenvalue weighted by molar-refractivity contribution is 6.31. The zero-order chi connectivity index (χ0) is 17.0. The number of amides is 1. The first-order chi connectivity index (χ1) is 10.9. The Morgan fingerprint density at radius 2 is 2.00 bits per heavy atom. The van der Waals surface area contributed by atoms with E-state index in [1.165, 1.54) is 43.3 Å². The number of halogens is 2. The third-order valence-electron chi connectivity index (χ3n) is 2.92. The van der Waals surface area contributed by atoms with Crippen molar-refractivity contribution in [1.29, 1.82) is 0 Å². The smallest absolute Gasteiger partial charge is 0.342 e. The van der Waals surface area contributed by atoms with Crippen molar-refractivity contribution < 1.29 is 23.8 Å². The molecule has 7 heteroatoms. The van der Waals surface area contributed by atoms with Crippen LogP contribution in [-0.2, 0) is 9.53 Å². The molecule has 1 atom stereocenters. The van der Waals surface area contributed by atoms with Crippen LogP contribution in [0.5, 0.6) is 5.75 Å². The average Bonchev–Trinajstić information content (AvgIpc) is 2.49. The van der Waals surface area contributed by atoms with Gasteiger partial charge in [-0.1, -0.05) is 17.7 Å². The molecule has 0 saturated heterocycles. The molecular formula is C16H13ClFNO4. The van der Waals surface area contributed by atoms with E-state index in [1.54, 1.807) is 0 Å². The quantitative estimate of drug-likeness (QED) is 0.839. The van der Waals surface area contributed by atoms with Crippen LogP contribution in [0.3, 0.4) is 0 Å². The number of phenolic OH excluding ortho intramolecular Hbond substituents is 1. The summed E-state index contributed by atoms with van der Waals surface area (Å²) in [6.07, 6.45) is -1.15. The van der Waals surface area contributed by atoms with Gasteiger partial charge in [0.25, 0.3) is 5.91 Å². The van der Waals surface area contributed by atoms with E-state index in [-0.39, 0.29) is 22.0 Å². The minimum absolute atomic E-state index is 0.150. The fourth-order valence-electron chi connectivity index (χ4n) is 1.76. The molecule has 2 rings (SSSR count). The molecule has 2 aromatic rings. The fourth-order valence-corrected chi connectivity index (χ4v) is 1.93. The summed E-state index contributed by atoms with van der Waals surface area (Å²) in [6, 6.07) is 9.20. The molecule has 2 aromatic carbocycles. The van der Waals surface area contributed by atoms with Crippen molar-refractivity contribution in [2.75, 3.05) is 5.32 Å². The lowest BCUT2D eigenvalue weighted by Crippen LogP contribution is -2.30. The van der Waals surface area contributed by atoms with Gasteiger partial charge in [-0.15, -0.1) is 0 Å². The van der Waals surface area contributed by atoms with Crippen LogP contribution in [0.2, 0.25) is 5.02 Å². The number of nitrogens with one attached hydrogen (secondary N) is 1. The highest BCUT2D eigenvalue weighted by Crippen LogP contribution is 2.22.